The van der Waals surface area contributed by atoms with Crippen LogP contribution in [0, 0.1) is 5.92 Å². The van der Waals surface area contributed by atoms with Crippen LogP contribution < -0.4 is 5.73 Å². The van der Waals surface area contributed by atoms with Gasteiger partial charge in [0.05, 0.1) is 5.92 Å². The lowest BCUT2D eigenvalue weighted by atomic mass is 9.97. The van der Waals surface area contributed by atoms with Crippen molar-refractivity contribution >= 4 is 5.91 Å². The van der Waals surface area contributed by atoms with Crippen molar-refractivity contribution in [1.82, 2.24) is 4.90 Å². The monoisotopic (exact) mass is 196 g/mol. The maximum atomic E-state index is 11.0. The minimum Gasteiger partial charge on any atom is -0.369 e. The van der Waals surface area contributed by atoms with E-state index < -0.39 is 0 Å². The number of carbonyl (C=O) groups is 1. The number of allylic oxidation sites excluding steroid dienone is 1. The van der Waals surface area contributed by atoms with Crippen LogP contribution in [0.15, 0.2) is 11.6 Å². The van der Waals surface area contributed by atoms with Gasteiger partial charge in [-0.25, -0.2) is 0 Å². The van der Waals surface area contributed by atoms with Gasteiger partial charge < -0.3 is 5.73 Å². The molecular formula is C11H20N2O. The average Bonchev–Trinajstić information content (AvgIpc) is 2.18. The lowest BCUT2D eigenvalue weighted by Gasteiger charge is -2.31. The van der Waals surface area contributed by atoms with Gasteiger partial charge in [0, 0.05) is 13.1 Å². The zero-order chi connectivity index (χ0) is 10.6. The standard InChI is InChI=1S/C11H20N2O/c1-3-9(2)7-13-6-4-5-10(8-13)11(12)14/h3,10H,4-8H2,1-2H3,(H2,12,14)/b9-3+/t10-/m0/s1. The van der Waals surface area contributed by atoms with E-state index in [1.54, 1.807) is 0 Å². The number of rotatable bonds is 3. The van der Waals surface area contributed by atoms with E-state index in [-0.39, 0.29) is 11.8 Å². The molecule has 1 aliphatic rings. The van der Waals surface area contributed by atoms with Crippen molar-refractivity contribution < 1.29 is 4.79 Å². The molecule has 1 rings (SSSR count). The second kappa shape index (κ2) is 5.15. The first kappa shape index (κ1) is 11.2. The van der Waals surface area contributed by atoms with Gasteiger partial charge in [-0.3, -0.25) is 9.69 Å². The summed E-state index contributed by atoms with van der Waals surface area (Å²) in [6.07, 6.45) is 4.17. The molecule has 1 atom stereocenters. The summed E-state index contributed by atoms with van der Waals surface area (Å²) >= 11 is 0. The molecule has 1 aliphatic heterocycles. The van der Waals surface area contributed by atoms with Gasteiger partial charge in [0.15, 0.2) is 0 Å². The summed E-state index contributed by atoms with van der Waals surface area (Å²) in [7, 11) is 0. The molecule has 0 bridgehead atoms. The van der Waals surface area contributed by atoms with Gasteiger partial charge in [0.2, 0.25) is 5.91 Å². The van der Waals surface area contributed by atoms with Gasteiger partial charge in [-0.05, 0) is 33.2 Å². The maximum absolute atomic E-state index is 11.0. The number of amides is 1. The van der Waals surface area contributed by atoms with Gasteiger partial charge in [-0.1, -0.05) is 11.6 Å². The van der Waals surface area contributed by atoms with Crippen molar-refractivity contribution in [2.24, 2.45) is 11.7 Å². The van der Waals surface area contributed by atoms with Gasteiger partial charge in [0.25, 0.3) is 0 Å². The molecule has 1 fully saturated rings. The zero-order valence-electron chi connectivity index (χ0n) is 9.12. The number of nitrogens with two attached hydrogens (primary N) is 1. The number of likely N-dealkylation sites (tertiary alicyclic amines) is 1. The van der Waals surface area contributed by atoms with Gasteiger partial charge >= 0.3 is 0 Å². The van der Waals surface area contributed by atoms with E-state index in [1.807, 2.05) is 6.92 Å². The Hall–Kier alpha value is -0.830. The number of hydrogen-bond acceptors (Lipinski definition) is 2. The summed E-state index contributed by atoms with van der Waals surface area (Å²) < 4.78 is 0. The molecular weight excluding hydrogens is 176 g/mol. The fraction of sp³-hybridized carbons (Fsp3) is 0.727. The average molecular weight is 196 g/mol. The molecule has 1 amide bonds. The third-order valence-electron chi connectivity index (χ3n) is 2.87. The molecule has 2 N–H and O–H groups in total. The van der Waals surface area contributed by atoms with E-state index >= 15 is 0 Å². The first-order valence-corrected chi connectivity index (χ1v) is 5.27. The lowest BCUT2D eigenvalue weighted by molar-refractivity contribution is -0.123. The summed E-state index contributed by atoms with van der Waals surface area (Å²) in [6, 6.07) is 0. The van der Waals surface area contributed by atoms with Crippen molar-refractivity contribution in [2.45, 2.75) is 26.7 Å². The maximum Gasteiger partial charge on any atom is 0.221 e. The SMILES string of the molecule is C/C=C(\C)CN1CCC[C@H](C(N)=O)C1. The Morgan fingerprint density at radius 2 is 2.36 bits per heavy atom. The van der Waals surface area contributed by atoms with Crippen LogP contribution in [0.4, 0.5) is 0 Å². The molecule has 0 radical (unpaired) electrons. The van der Waals surface area contributed by atoms with Crippen molar-refractivity contribution in [3.8, 4) is 0 Å². The molecule has 0 aromatic carbocycles. The highest BCUT2D eigenvalue weighted by atomic mass is 16.1. The lowest BCUT2D eigenvalue weighted by Crippen LogP contribution is -2.41. The Morgan fingerprint density at radius 3 is 2.93 bits per heavy atom. The number of nitrogens with zero attached hydrogens (tertiary/aromatic N) is 1. The summed E-state index contributed by atoms with van der Waals surface area (Å²) in [5.74, 6) is -0.0822. The van der Waals surface area contributed by atoms with E-state index in [1.165, 1.54) is 5.57 Å². The van der Waals surface area contributed by atoms with Crippen LogP contribution in [0.1, 0.15) is 26.7 Å². The number of hydrogen-bond donors (Lipinski definition) is 1. The van der Waals surface area contributed by atoms with Crippen molar-refractivity contribution in [1.29, 1.82) is 0 Å². The number of piperidine rings is 1. The normalized spacial score (nSPS) is 25.0. The summed E-state index contributed by atoms with van der Waals surface area (Å²) in [5, 5.41) is 0. The van der Waals surface area contributed by atoms with Crippen LogP contribution in [0.3, 0.4) is 0 Å². The third kappa shape index (κ3) is 3.14. The van der Waals surface area contributed by atoms with E-state index in [2.05, 4.69) is 17.9 Å². The molecule has 0 aliphatic carbocycles. The van der Waals surface area contributed by atoms with E-state index in [0.29, 0.717) is 0 Å². The Kier molecular flexibility index (Phi) is 4.14. The van der Waals surface area contributed by atoms with Crippen LogP contribution in [0.2, 0.25) is 0 Å². The third-order valence-corrected chi connectivity index (χ3v) is 2.87. The molecule has 0 spiro atoms. The predicted molar refractivity (Wildman–Crippen MR) is 57.8 cm³/mol. The fourth-order valence-electron chi connectivity index (χ4n) is 1.88. The van der Waals surface area contributed by atoms with Crippen LogP contribution in [0.5, 0.6) is 0 Å². The number of carbonyl (C=O) groups excluding carboxylic acids is 1. The predicted octanol–water partition coefficient (Wildman–Crippen LogP) is 1.15. The van der Waals surface area contributed by atoms with Gasteiger partial charge in [-0.15, -0.1) is 0 Å². The Bertz CT molecular complexity index is 235. The molecule has 3 heteroatoms. The molecule has 1 saturated heterocycles. The molecule has 0 aromatic heterocycles. The van der Waals surface area contributed by atoms with Crippen LogP contribution in [-0.4, -0.2) is 30.4 Å². The summed E-state index contributed by atoms with van der Waals surface area (Å²) in [6.45, 7) is 7.06. The highest BCUT2D eigenvalue weighted by Gasteiger charge is 2.23. The highest BCUT2D eigenvalue weighted by Crippen LogP contribution is 2.16. The second-order valence-corrected chi connectivity index (χ2v) is 4.11. The van der Waals surface area contributed by atoms with Gasteiger partial charge in [0.1, 0.15) is 0 Å². The molecule has 80 valence electrons. The van der Waals surface area contributed by atoms with Crippen LogP contribution >= 0.6 is 0 Å². The van der Waals surface area contributed by atoms with Crippen LogP contribution in [-0.2, 0) is 4.79 Å². The second-order valence-electron chi connectivity index (χ2n) is 4.11. The summed E-state index contributed by atoms with van der Waals surface area (Å²) in [5.41, 5.74) is 6.67. The van der Waals surface area contributed by atoms with E-state index in [9.17, 15) is 4.79 Å². The molecule has 0 aromatic rings. The molecule has 0 saturated carbocycles. The Morgan fingerprint density at radius 1 is 1.64 bits per heavy atom. The fourth-order valence-corrected chi connectivity index (χ4v) is 1.88. The van der Waals surface area contributed by atoms with Gasteiger partial charge in [-0.2, -0.15) is 0 Å². The van der Waals surface area contributed by atoms with E-state index in [0.717, 1.165) is 32.5 Å². The molecule has 14 heavy (non-hydrogen) atoms. The zero-order valence-corrected chi connectivity index (χ0v) is 9.12. The Balaban J connectivity index is 2.44. The smallest absolute Gasteiger partial charge is 0.221 e. The first-order chi connectivity index (χ1) is 6.63. The molecule has 0 unspecified atom stereocenters. The molecule has 3 nitrogen and oxygen atoms in total. The highest BCUT2D eigenvalue weighted by molar-refractivity contribution is 5.76. The minimum atomic E-state index is -0.146. The largest absolute Gasteiger partial charge is 0.369 e. The van der Waals surface area contributed by atoms with Crippen molar-refractivity contribution in [3.63, 3.8) is 0 Å². The topological polar surface area (TPSA) is 46.3 Å². The molecule has 1 heterocycles. The quantitative estimate of drug-likeness (QED) is 0.688. The van der Waals surface area contributed by atoms with Crippen molar-refractivity contribution in [3.05, 3.63) is 11.6 Å². The Labute approximate surface area is 86.0 Å². The van der Waals surface area contributed by atoms with Crippen molar-refractivity contribution in [2.75, 3.05) is 19.6 Å². The first-order valence-electron chi connectivity index (χ1n) is 5.27. The summed E-state index contributed by atoms with van der Waals surface area (Å²) in [4.78, 5) is 13.3. The number of primary amides is 1. The van der Waals surface area contributed by atoms with E-state index in [4.69, 9.17) is 5.73 Å². The van der Waals surface area contributed by atoms with Crippen LogP contribution in [0.25, 0.3) is 0 Å². The minimum absolute atomic E-state index is 0.0633.